The maximum atomic E-state index is 15.2. The zero-order valence-electron chi connectivity index (χ0n) is 19.1. The zero-order valence-corrected chi connectivity index (χ0v) is 19.1. The first-order valence-electron chi connectivity index (χ1n) is 12.7. The Bertz CT molecular complexity index is 849. The van der Waals surface area contributed by atoms with Crippen LogP contribution in [0, 0.1) is 11.7 Å². The zero-order chi connectivity index (χ0) is 22.1. The Kier molecular flexibility index (Phi) is 6.13. The highest BCUT2D eigenvalue weighted by Gasteiger charge is 2.53. The molecule has 1 aromatic rings. The molecule has 0 aromatic heterocycles. The molecule has 4 aliphatic rings. The van der Waals surface area contributed by atoms with Crippen LogP contribution in [0.1, 0.15) is 76.2 Å². The summed E-state index contributed by atoms with van der Waals surface area (Å²) in [6, 6.07) is 5.62. The van der Waals surface area contributed by atoms with Crippen LogP contribution >= 0.6 is 0 Å². The molecule has 32 heavy (non-hydrogen) atoms. The van der Waals surface area contributed by atoms with Gasteiger partial charge in [0.25, 0.3) is 0 Å². The summed E-state index contributed by atoms with van der Waals surface area (Å²) in [5, 5.41) is 3.27. The van der Waals surface area contributed by atoms with Crippen LogP contribution < -0.4 is 10.2 Å². The normalized spacial score (nSPS) is 23.9. The van der Waals surface area contributed by atoms with Gasteiger partial charge in [-0.25, -0.2) is 4.39 Å². The van der Waals surface area contributed by atoms with E-state index in [2.05, 4.69) is 10.2 Å². The van der Waals surface area contributed by atoms with Crippen molar-refractivity contribution in [3.63, 3.8) is 0 Å². The second kappa shape index (κ2) is 9.03. The summed E-state index contributed by atoms with van der Waals surface area (Å²) < 4.78 is 15.2. The largest absolute Gasteiger partial charge is 0.368 e. The van der Waals surface area contributed by atoms with Crippen LogP contribution in [-0.4, -0.2) is 48.9 Å². The number of carbonyl (C=O) groups excluding carboxylic acids is 2. The lowest BCUT2D eigenvalue weighted by molar-refractivity contribution is -0.132. The van der Waals surface area contributed by atoms with Crippen molar-refractivity contribution in [1.82, 2.24) is 10.2 Å². The number of halogens is 1. The van der Waals surface area contributed by atoms with Crippen LogP contribution in [0.4, 0.5) is 10.1 Å². The van der Waals surface area contributed by atoms with Gasteiger partial charge in [-0.1, -0.05) is 38.2 Å². The van der Waals surface area contributed by atoms with Crippen molar-refractivity contribution in [1.29, 1.82) is 0 Å². The molecule has 1 saturated heterocycles. The highest BCUT2D eigenvalue weighted by molar-refractivity contribution is 5.91. The summed E-state index contributed by atoms with van der Waals surface area (Å²) in [7, 11) is 0. The second-order valence-corrected chi connectivity index (χ2v) is 10.3. The minimum Gasteiger partial charge on any atom is -0.368 e. The predicted octanol–water partition coefficient (Wildman–Crippen LogP) is 4.15. The summed E-state index contributed by atoms with van der Waals surface area (Å²) in [5.41, 5.74) is 0.716. The average Bonchev–Trinajstić information content (AvgIpc) is 3.69. The lowest BCUT2D eigenvalue weighted by Gasteiger charge is -2.36. The Hall–Kier alpha value is -2.11. The fraction of sp³-hybridized carbons (Fsp3) is 0.692. The smallest absolute Gasteiger partial charge is 0.230 e. The van der Waals surface area contributed by atoms with E-state index in [9.17, 15) is 9.59 Å². The predicted molar refractivity (Wildman–Crippen MR) is 123 cm³/mol. The number of anilines is 1. The van der Waals surface area contributed by atoms with Crippen molar-refractivity contribution in [3.05, 3.63) is 29.6 Å². The molecule has 0 radical (unpaired) electrons. The van der Waals surface area contributed by atoms with Crippen molar-refractivity contribution < 1.29 is 14.0 Å². The maximum absolute atomic E-state index is 15.2. The van der Waals surface area contributed by atoms with E-state index in [0.29, 0.717) is 18.7 Å². The topological polar surface area (TPSA) is 52.7 Å². The Morgan fingerprint density at radius 2 is 1.56 bits per heavy atom. The van der Waals surface area contributed by atoms with Crippen LogP contribution in [0.25, 0.3) is 0 Å². The molecule has 3 saturated carbocycles. The van der Waals surface area contributed by atoms with E-state index >= 15 is 4.39 Å². The van der Waals surface area contributed by atoms with E-state index in [1.807, 2.05) is 17.0 Å². The molecule has 174 valence electrons. The van der Waals surface area contributed by atoms with Crippen LogP contribution in [-0.2, 0) is 15.0 Å². The Morgan fingerprint density at radius 1 is 0.906 bits per heavy atom. The molecule has 0 bridgehead atoms. The summed E-state index contributed by atoms with van der Waals surface area (Å²) in [5.74, 6) is 0.282. The summed E-state index contributed by atoms with van der Waals surface area (Å²) in [6.07, 6.45) is 11.7. The number of rotatable bonds is 5. The minimum absolute atomic E-state index is 0.0157. The number of nitrogens with one attached hydrogen (secondary N) is 1. The Balaban J connectivity index is 1.22. The number of carbonyl (C=O) groups is 2. The van der Waals surface area contributed by atoms with Gasteiger partial charge in [-0.2, -0.15) is 0 Å². The van der Waals surface area contributed by atoms with Gasteiger partial charge in [0.05, 0.1) is 5.41 Å². The second-order valence-electron chi connectivity index (χ2n) is 10.3. The average molecular weight is 442 g/mol. The quantitative estimate of drug-likeness (QED) is 0.747. The molecule has 4 fully saturated rings. The summed E-state index contributed by atoms with van der Waals surface area (Å²) >= 11 is 0. The molecular weight excluding hydrogens is 405 g/mol. The van der Waals surface area contributed by atoms with Crippen LogP contribution in [0.3, 0.4) is 0 Å². The SMILES string of the molecule is O=C(C1CC1)N1CCN(c2ccc(C3(C(=O)NC4CCCCCCC4)CC3)c(F)c2)CC1. The lowest BCUT2D eigenvalue weighted by atomic mass is 9.91. The van der Waals surface area contributed by atoms with Gasteiger partial charge in [0.2, 0.25) is 11.8 Å². The van der Waals surface area contributed by atoms with Gasteiger partial charge < -0.3 is 15.1 Å². The monoisotopic (exact) mass is 441 g/mol. The molecule has 1 N–H and O–H groups in total. The fourth-order valence-electron chi connectivity index (χ4n) is 5.53. The van der Waals surface area contributed by atoms with E-state index in [1.165, 1.54) is 32.1 Å². The molecule has 6 heteroatoms. The van der Waals surface area contributed by atoms with Gasteiger partial charge in [0.1, 0.15) is 5.82 Å². The molecule has 0 unspecified atom stereocenters. The van der Waals surface area contributed by atoms with E-state index in [0.717, 1.165) is 57.3 Å². The summed E-state index contributed by atoms with van der Waals surface area (Å²) in [4.78, 5) is 29.5. The van der Waals surface area contributed by atoms with Gasteiger partial charge in [0.15, 0.2) is 0 Å². The molecule has 1 heterocycles. The minimum atomic E-state index is -0.680. The van der Waals surface area contributed by atoms with Crippen LogP contribution in [0.15, 0.2) is 18.2 Å². The first-order chi connectivity index (χ1) is 15.6. The molecule has 5 rings (SSSR count). The number of hydrogen-bond acceptors (Lipinski definition) is 3. The van der Waals surface area contributed by atoms with Crippen molar-refractivity contribution >= 4 is 17.5 Å². The van der Waals surface area contributed by atoms with Gasteiger partial charge in [-0.3, -0.25) is 9.59 Å². The molecule has 3 aliphatic carbocycles. The molecule has 0 spiro atoms. The highest BCUT2D eigenvalue weighted by Crippen LogP contribution is 2.50. The number of piperazine rings is 1. The molecule has 5 nitrogen and oxygen atoms in total. The molecule has 2 amide bonds. The number of amides is 2. The lowest BCUT2D eigenvalue weighted by Crippen LogP contribution is -2.49. The molecule has 1 aromatic carbocycles. The molecule has 0 atom stereocenters. The van der Waals surface area contributed by atoms with Crippen LogP contribution in [0.2, 0.25) is 0 Å². The van der Waals surface area contributed by atoms with Gasteiger partial charge in [-0.15, -0.1) is 0 Å². The third kappa shape index (κ3) is 4.51. The van der Waals surface area contributed by atoms with Crippen LogP contribution in [0.5, 0.6) is 0 Å². The third-order valence-electron chi connectivity index (χ3n) is 7.98. The Morgan fingerprint density at radius 3 is 2.16 bits per heavy atom. The number of hydrogen-bond donors (Lipinski definition) is 1. The van der Waals surface area contributed by atoms with E-state index in [4.69, 9.17) is 0 Å². The first-order valence-corrected chi connectivity index (χ1v) is 12.7. The first kappa shape index (κ1) is 21.7. The fourth-order valence-corrected chi connectivity index (χ4v) is 5.53. The number of nitrogens with zero attached hydrogens (tertiary/aromatic N) is 2. The van der Waals surface area contributed by atoms with E-state index in [-0.39, 0.29) is 29.6 Å². The van der Waals surface area contributed by atoms with Gasteiger partial charge >= 0.3 is 0 Å². The number of benzene rings is 1. The van der Waals surface area contributed by atoms with Gasteiger partial charge in [-0.05, 0) is 50.7 Å². The third-order valence-corrected chi connectivity index (χ3v) is 7.98. The highest BCUT2D eigenvalue weighted by atomic mass is 19.1. The van der Waals surface area contributed by atoms with Crippen molar-refractivity contribution in [3.8, 4) is 0 Å². The van der Waals surface area contributed by atoms with Crippen molar-refractivity contribution in [2.24, 2.45) is 5.92 Å². The molecular formula is C26H36FN3O2. The standard InChI is InChI=1S/C26H36FN3O2/c27-23-18-21(29-14-16-30(17-15-29)24(31)19-8-9-19)10-11-22(23)26(12-13-26)25(32)28-20-6-4-2-1-3-5-7-20/h10-11,18-20H,1-9,12-17H2,(H,28,32). The molecule has 1 aliphatic heterocycles. The maximum Gasteiger partial charge on any atom is 0.230 e. The van der Waals surface area contributed by atoms with Crippen molar-refractivity contribution in [2.75, 3.05) is 31.1 Å². The van der Waals surface area contributed by atoms with E-state index < -0.39 is 5.41 Å². The summed E-state index contributed by atoms with van der Waals surface area (Å²) in [6.45, 7) is 2.86. The van der Waals surface area contributed by atoms with E-state index in [1.54, 1.807) is 6.07 Å². The van der Waals surface area contributed by atoms with Gasteiger partial charge in [0, 0.05) is 49.4 Å². The Labute approximate surface area is 190 Å². The van der Waals surface area contributed by atoms with Crippen molar-refractivity contribution in [2.45, 2.75) is 82.1 Å².